The summed E-state index contributed by atoms with van der Waals surface area (Å²) in [4.78, 5) is 2.54. The van der Waals surface area contributed by atoms with E-state index >= 15 is 0 Å². The molecule has 1 saturated heterocycles. The second-order valence-electron chi connectivity index (χ2n) is 7.52. The summed E-state index contributed by atoms with van der Waals surface area (Å²) in [6.07, 6.45) is 1.06. The molecule has 3 heteroatoms. The molecule has 1 aliphatic heterocycles. The van der Waals surface area contributed by atoms with Crippen LogP contribution in [0.1, 0.15) is 44.9 Å². The van der Waals surface area contributed by atoms with Crippen LogP contribution in [0.5, 0.6) is 0 Å². The molecule has 0 saturated carbocycles. The van der Waals surface area contributed by atoms with Crippen molar-refractivity contribution in [2.24, 2.45) is 5.73 Å². The van der Waals surface area contributed by atoms with Crippen molar-refractivity contribution in [3.05, 3.63) is 35.4 Å². The maximum atomic E-state index is 6.52. The van der Waals surface area contributed by atoms with Crippen molar-refractivity contribution in [1.29, 1.82) is 0 Å². The minimum atomic E-state index is -0.115. The summed E-state index contributed by atoms with van der Waals surface area (Å²) < 4.78 is 6.18. The van der Waals surface area contributed by atoms with E-state index < -0.39 is 0 Å². The van der Waals surface area contributed by atoms with Gasteiger partial charge >= 0.3 is 0 Å². The number of benzene rings is 1. The predicted molar refractivity (Wildman–Crippen MR) is 81.7 cm³/mol. The molecule has 3 rings (SSSR count). The van der Waals surface area contributed by atoms with Crippen molar-refractivity contribution in [3.8, 4) is 0 Å². The molecule has 110 valence electrons. The summed E-state index contributed by atoms with van der Waals surface area (Å²) in [6, 6.07) is 9.11. The molecule has 2 atom stereocenters. The Bertz CT molecular complexity index is 493. The van der Waals surface area contributed by atoms with Crippen LogP contribution in [0.3, 0.4) is 0 Å². The Morgan fingerprint density at radius 1 is 1.10 bits per heavy atom. The van der Waals surface area contributed by atoms with Crippen LogP contribution in [-0.2, 0) is 11.2 Å². The zero-order valence-corrected chi connectivity index (χ0v) is 13.0. The number of nitrogens with zero attached hydrogens (tertiary/aromatic N) is 1. The van der Waals surface area contributed by atoms with E-state index in [0.717, 1.165) is 19.5 Å². The highest BCUT2D eigenvalue weighted by Crippen LogP contribution is 2.37. The molecule has 0 amide bonds. The lowest BCUT2D eigenvalue weighted by atomic mass is 9.95. The van der Waals surface area contributed by atoms with Crippen LogP contribution in [0.4, 0.5) is 0 Å². The van der Waals surface area contributed by atoms with Gasteiger partial charge in [0.25, 0.3) is 0 Å². The fourth-order valence-corrected chi connectivity index (χ4v) is 4.04. The lowest BCUT2D eigenvalue weighted by Gasteiger charge is -2.49. The average Bonchev–Trinajstić information content (AvgIpc) is 2.64. The summed E-state index contributed by atoms with van der Waals surface area (Å²) in [5.74, 6) is 0. The topological polar surface area (TPSA) is 38.5 Å². The molecule has 20 heavy (non-hydrogen) atoms. The smallest absolute Gasteiger partial charge is 0.0760 e. The number of nitrogens with two attached hydrogens (primary N) is 1. The number of ether oxygens (including phenoxy) is 1. The van der Waals surface area contributed by atoms with E-state index in [9.17, 15) is 0 Å². The summed E-state index contributed by atoms with van der Waals surface area (Å²) in [7, 11) is 0. The third kappa shape index (κ3) is 2.50. The molecular formula is C17H26N2O. The van der Waals surface area contributed by atoms with Crippen LogP contribution in [-0.4, -0.2) is 35.2 Å². The molecule has 0 aromatic heterocycles. The Balaban J connectivity index is 1.84. The number of hydrogen-bond acceptors (Lipinski definition) is 3. The van der Waals surface area contributed by atoms with Gasteiger partial charge in [-0.25, -0.2) is 0 Å². The van der Waals surface area contributed by atoms with Gasteiger partial charge in [0.15, 0.2) is 0 Å². The number of fused-ring (bicyclic) bond motifs is 1. The van der Waals surface area contributed by atoms with E-state index in [0.29, 0.717) is 6.04 Å². The predicted octanol–water partition coefficient (Wildman–Crippen LogP) is 2.50. The lowest BCUT2D eigenvalue weighted by Crippen LogP contribution is -2.60. The second kappa shape index (κ2) is 4.55. The quantitative estimate of drug-likeness (QED) is 0.855. The standard InChI is InChI=1S/C17H26N2O/c1-16(2)10-19(11-17(3,4)20-16)14-9-12-7-5-6-8-13(12)15(14)18/h5-8,14-15H,9-11,18H2,1-4H3. The Morgan fingerprint density at radius 2 is 1.70 bits per heavy atom. The highest BCUT2D eigenvalue weighted by atomic mass is 16.5. The summed E-state index contributed by atoms with van der Waals surface area (Å²) in [5.41, 5.74) is 9.01. The van der Waals surface area contributed by atoms with Crippen molar-refractivity contribution in [2.75, 3.05) is 13.1 Å². The number of hydrogen-bond donors (Lipinski definition) is 1. The Kier molecular flexibility index (Phi) is 3.20. The molecule has 0 spiro atoms. The summed E-state index contributed by atoms with van der Waals surface area (Å²) >= 11 is 0. The number of rotatable bonds is 1. The van der Waals surface area contributed by atoms with Crippen LogP contribution in [0.2, 0.25) is 0 Å². The van der Waals surface area contributed by atoms with Crippen molar-refractivity contribution in [1.82, 2.24) is 4.90 Å². The van der Waals surface area contributed by atoms with Gasteiger partial charge in [0.1, 0.15) is 0 Å². The molecule has 1 aliphatic carbocycles. The maximum Gasteiger partial charge on any atom is 0.0760 e. The first-order chi connectivity index (χ1) is 9.27. The zero-order chi connectivity index (χ0) is 14.5. The minimum Gasteiger partial charge on any atom is -0.367 e. The van der Waals surface area contributed by atoms with E-state index in [-0.39, 0.29) is 17.2 Å². The van der Waals surface area contributed by atoms with Gasteiger partial charge < -0.3 is 10.5 Å². The molecular weight excluding hydrogens is 248 g/mol. The van der Waals surface area contributed by atoms with Crippen molar-refractivity contribution in [3.63, 3.8) is 0 Å². The van der Waals surface area contributed by atoms with E-state index in [2.05, 4.69) is 56.9 Å². The van der Waals surface area contributed by atoms with Crippen molar-refractivity contribution in [2.45, 2.75) is 57.4 Å². The van der Waals surface area contributed by atoms with Crippen LogP contribution in [0.15, 0.2) is 24.3 Å². The first kappa shape index (κ1) is 14.1. The third-order valence-electron chi connectivity index (χ3n) is 4.45. The first-order valence-electron chi connectivity index (χ1n) is 7.55. The van der Waals surface area contributed by atoms with Gasteiger partial charge in [-0.3, -0.25) is 4.90 Å². The SMILES string of the molecule is CC1(C)CN(C2Cc3ccccc3C2N)CC(C)(C)O1. The second-order valence-corrected chi connectivity index (χ2v) is 7.52. The van der Waals surface area contributed by atoms with Gasteiger partial charge in [-0.05, 0) is 45.2 Å². The molecule has 2 N–H and O–H groups in total. The van der Waals surface area contributed by atoms with Crippen molar-refractivity contribution < 1.29 is 4.74 Å². The molecule has 0 bridgehead atoms. The van der Waals surface area contributed by atoms with E-state index in [4.69, 9.17) is 10.5 Å². The largest absolute Gasteiger partial charge is 0.367 e. The first-order valence-corrected chi connectivity index (χ1v) is 7.55. The molecule has 2 unspecified atom stereocenters. The van der Waals surface area contributed by atoms with Gasteiger partial charge in [-0.1, -0.05) is 24.3 Å². The third-order valence-corrected chi connectivity index (χ3v) is 4.45. The van der Waals surface area contributed by atoms with Crippen molar-refractivity contribution >= 4 is 0 Å². The van der Waals surface area contributed by atoms with E-state index in [1.807, 2.05) is 0 Å². The fraction of sp³-hybridized carbons (Fsp3) is 0.647. The average molecular weight is 274 g/mol. The monoisotopic (exact) mass is 274 g/mol. The summed E-state index contributed by atoms with van der Waals surface area (Å²) in [5, 5.41) is 0. The molecule has 1 heterocycles. The minimum absolute atomic E-state index is 0.115. The Labute approximate surface area is 122 Å². The molecule has 1 aromatic carbocycles. The van der Waals surface area contributed by atoms with Gasteiger partial charge in [0, 0.05) is 25.2 Å². The zero-order valence-electron chi connectivity index (χ0n) is 13.0. The van der Waals surface area contributed by atoms with Crippen LogP contribution in [0.25, 0.3) is 0 Å². The summed E-state index contributed by atoms with van der Waals surface area (Å²) in [6.45, 7) is 10.6. The van der Waals surface area contributed by atoms with Gasteiger partial charge in [-0.15, -0.1) is 0 Å². The molecule has 1 fully saturated rings. The van der Waals surface area contributed by atoms with Gasteiger partial charge in [0.05, 0.1) is 11.2 Å². The Morgan fingerprint density at radius 3 is 2.30 bits per heavy atom. The number of morpholine rings is 1. The van der Waals surface area contributed by atoms with Gasteiger partial charge in [0.2, 0.25) is 0 Å². The highest BCUT2D eigenvalue weighted by Gasteiger charge is 2.43. The molecule has 1 aromatic rings. The molecule has 3 nitrogen and oxygen atoms in total. The van der Waals surface area contributed by atoms with Crippen LogP contribution < -0.4 is 5.73 Å². The maximum absolute atomic E-state index is 6.52. The van der Waals surface area contributed by atoms with Crippen LogP contribution in [0, 0.1) is 0 Å². The van der Waals surface area contributed by atoms with E-state index in [1.165, 1.54) is 11.1 Å². The van der Waals surface area contributed by atoms with E-state index in [1.54, 1.807) is 0 Å². The molecule has 2 aliphatic rings. The Hall–Kier alpha value is -0.900. The highest BCUT2D eigenvalue weighted by molar-refractivity contribution is 5.37. The normalized spacial score (nSPS) is 32.0. The van der Waals surface area contributed by atoms with Crippen LogP contribution >= 0.6 is 0 Å². The molecule has 0 radical (unpaired) electrons. The fourth-order valence-electron chi connectivity index (χ4n) is 4.04. The van der Waals surface area contributed by atoms with Gasteiger partial charge in [-0.2, -0.15) is 0 Å². The lowest BCUT2D eigenvalue weighted by molar-refractivity contribution is -0.188.